The van der Waals surface area contributed by atoms with E-state index in [0.29, 0.717) is 12.2 Å². The van der Waals surface area contributed by atoms with E-state index in [0.717, 1.165) is 11.3 Å². The van der Waals surface area contributed by atoms with E-state index < -0.39 is 6.50 Å². The van der Waals surface area contributed by atoms with E-state index in [9.17, 15) is 0 Å². The van der Waals surface area contributed by atoms with Gasteiger partial charge in [0, 0.05) is 2.74 Å². The number of nitrogens with one attached hydrogen (secondary N) is 1. The molecule has 2 rings (SSSR count). The maximum absolute atomic E-state index is 7.59. The van der Waals surface area contributed by atoms with E-state index in [1.165, 1.54) is 0 Å². The predicted molar refractivity (Wildman–Crippen MR) is 50.2 cm³/mol. The molecule has 1 heterocycles. The molecule has 0 bridgehead atoms. The molecule has 3 heteroatoms. The molecule has 0 atom stereocenters. The van der Waals surface area contributed by atoms with Gasteiger partial charge >= 0.3 is 0 Å². The van der Waals surface area contributed by atoms with E-state index in [1.54, 1.807) is 7.05 Å². The van der Waals surface area contributed by atoms with Gasteiger partial charge in [0.15, 0.2) is 11.5 Å². The zero-order valence-corrected chi connectivity index (χ0v) is 7.46. The predicted octanol–water partition coefficient (Wildman–Crippen LogP) is 1.18. The fraction of sp³-hybridized carbons (Fsp3) is 0.400. The van der Waals surface area contributed by atoms with Gasteiger partial charge in [-0.3, -0.25) is 0 Å². The van der Waals surface area contributed by atoms with Gasteiger partial charge in [0.1, 0.15) is 0 Å². The van der Waals surface area contributed by atoms with Crippen molar-refractivity contribution in [2.24, 2.45) is 0 Å². The SMILES string of the molecule is [2H]C([2H])(Cc1ccc2c(c1)OCO2)NC. The van der Waals surface area contributed by atoms with Crippen molar-refractivity contribution in [3.8, 4) is 11.5 Å². The van der Waals surface area contributed by atoms with Gasteiger partial charge in [-0.15, -0.1) is 0 Å². The second kappa shape index (κ2) is 3.66. The van der Waals surface area contributed by atoms with Crippen LogP contribution in [0.5, 0.6) is 11.5 Å². The molecule has 3 nitrogen and oxygen atoms in total. The summed E-state index contributed by atoms with van der Waals surface area (Å²) in [6.45, 7) is -1.15. The number of aryl methyl sites for hydroxylation is 1. The first-order chi connectivity index (χ1) is 7.11. The number of likely N-dealkylation sites (N-methyl/N-ethyl adjacent to an activating group) is 1. The van der Waals surface area contributed by atoms with Crippen LogP contribution < -0.4 is 14.8 Å². The maximum Gasteiger partial charge on any atom is 0.231 e. The summed E-state index contributed by atoms with van der Waals surface area (Å²) < 4.78 is 25.6. The van der Waals surface area contributed by atoms with Crippen molar-refractivity contribution in [3.05, 3.63) is 23.8 Å². The molecular weight excluding hydrogens is 166 g/mol. The molecule has 0 amide bonds. The minimum absolute atomic E-state index is 0.248. The highest BCUT2D eigenvalue weighted by molar-refractivity contribution is 5.44. The Morgan fingerprint density at radius 3 is 3.15 bits per heavy atom. The summed E-state index contributed by atoms with van der Waals surface area (Å²) in [6, 6.07) is 5.48. The number of hydrogen-bond acceptors (Lipinski definition) is 3. The molecule has 1 N–H and O–H groups in total. The summed E-state index contributed by atoms with van der Waals surface area (Å²) >= 11 is 0. The Balaban J connectivity index is 2.17. The number of fused-ring (bicyclic) bond motifs is 1. The summed E-state index contributed by atoms with van der Waals surface area (Å²) in [5, 5.41) is 2.62. The Labute approximate surface area is 80.5 Å². The van der Waals surface area contributed by atoms with Crippen molar-refractivity contribution in [2.75, 3.05) is 20.3 Å². The van der Waals surface area contributed by atoms with Crippen molar-refractivity contribution >= 4 is 0 Å². The van der Waals surface area contributed by atoms with Gasteiger partial charge in [-0.05, 0) is 37.7 Å². The first-order valence-corrected chi connectivity index (χ1v) is 4.18. The summed E-state index contributed by atoms with van der Waals surface area (Å²) in [6.07, 6.45) is 0.306. The van der Waals surface area contributed by atoms with Crippen molar-refractivity contribution in [1.82, 2.24) is 5.32 Å². The van der Waals surface area contributed by atoms with Crippen LogP contribution >= 0.6 is 0 Å². The van der Waals surface area contributed by atoms with E-state index in [-0.39, 0.29) is 6.79 Å². The molecule has 1 aliphatic heterocycles. The third-order valence-electron chi connectivity index (χ3n) is 1.91. The van der Waals surface area contributed by atoms with Gasteiger partial charge in [0.25, 0.3) is 0 Å². The largest absolute Gasteiger partial charge is 0.454 e. The molecular formula is C10H13NO2. The highest BCUT2D eigenvalue weighted by atomic mass is 16.7. The number of rotatable bonds is 3. The molecule has 1 aromatic carbocycles. The second-order valence-corrected chi connectivity index (χ2v) is 2.79. The summed E-state index contributed by atoms with van der Waals surface area (Å²) in [5.41, 5.74) is 0.888. The average Bonchev–Trinajstić information content (AvgIpc) is 2.64. The topological polar surface area (TPSA) is 30.5 Å². The van der Waals surface area contributed by atoms with Crippen LogP contribution in [0.2, 0.25) is 0 Å². The normalized spacial score (nSPS) is 16.7. The Morgan fingerprint density at radius 2 is 2.31 bits per heavy atom. The number of ether oxygens (including phenoxy) is 2. The smallest absolute Gasteiger partial charge is 0.231 e. The second-order valence-electron chi connectivity index (χ2n) is 2.79. The minimum atomic E-state index is -1.40. The molecule has 1 aromatic rings. The van der Waals surface area contributed by atoms with Crippen LogP contribution in [0.25, 0.3) is 0 Å². The maximum atomic E-state index is 7.59. The van der Waals surface area contributed by atoms with Crippen LogP contribution in [-0.2, 0) is 6.42 Å². The van der Waals surface area contributed by atoms with Gasteiger partial charge in [-0.1, -0.05) is 6.07 Å². The lowest BCUT2D eigenvalue weighted by Crippen LogP contribution is -2.10. The highest BCUT2D eigenvalue weighted by Gasteiger charge is 2.12. The molecule has 13 heavy (non-hydrogen) atoms. The third kappa shape index (κ3) is 1.75. The Kier molecular flexibility index (Phi) is 1.77. The summed E-state index contributed by atoms with van der Waals surface area (Å²) in [7, 11) is 1.60. The fourth-order valence-electron chi connectivity index (χ4n) is 1.24. The van der Waals surface area contributed by atoms with Crippen molar-refractivity contribution in [3.63, 3.8) is 0 Å². The van der Waals surface area contributed by atoms with Gasteiger partial charge in [0.2, 0.25) is 6.79 Å². The minimum Gasteiger partial charge on any atom is -0.454 e. The molecule has 1 aliphatic rings. The quantitative estimate of drug-likeness (QED) is 0.759. The third-order valence-corrected chi connectivity index (χ3v) is 1.91. The van der Waals surface area contributed by atoms with Crippen LogP contribution in [0, 0.1) is 0 Å². The van der Waals surface area contributed by atoms with E-state index in [4.69, 9.17) is 12.2 Å². The standard InChI is InChI=1S/C10H13NO2/c1-11-5-4-8-2-3-9-10(6-8)13-7-12-9/h2-3,6,11H,4-5,7H2,1H3/i5D2. The first-order valence-electron chi connectivity index (χ1n) is 5.18. The summed E-state index contributed by atoms with van der Waals surface area (Å²) in [5.74, 6) is 1.42. The van der Waals surface area contributed by atoms with Gasteiger partial charge in [-0.2, -0.15) is 0 Å². The first kappa shape index (κ1) is 6.27. The van der Waals surface area contributed by atoms with Crippen LogP contribution in [0.15, 0.2) is 18.2 Å². The number of hydrogen-bond donors (Lipinski definition) is 1. The molecule has 0 radical (unpaired) electrons. The van der Waals surface area contributed by atoms with Crippen LogP contribution in [0.1, 0.15) is 8.30 Å². The zero-order valence-electron chi connectivity index (χ0n) is 9.46. The molecule has 0 spiro atoms. The van der Waals surface area contributed by atoms with Crippen LogP contribution in [0.4, 0.5) is 0 Å². The zero-order chi connectivity index (χ0) is 10.9. The van der Waals surface area contributed by atoms with E-state index in [2.05, 4.69) is 5.32 Å². The van der Waals surface area contributed by atoms with Gasteiger partial charge < -0.3 is 14.8 Å². The average molecular weight is 181 g/mol. The molecule has 0 aliphatic carbocycles. The molecule has 70 valence electrons. The van der Waals surface area contributed by atoms with Crippen LogP contribution in [0.3, 0.4) is 0 Å². The number of benzene rings is 1. The lowest BCUT2D eigenvalue weighted by molar-refractivity contribution is 0.174. The lowest BCUT2D eigenvalue weighted by Gasteiger charge is -2.01. The van der Waals surface area contributed by atoms with Crippen LogP contribution in [-0.4, -0.2) is 20.3 Å². The fourth-order valence-corrected chi connectivity index (χ4v) is 1.24. The van der Waals surface area contributed by atoms with Gasteiger partial charge in [-0.25, -0.2) is 0 Å². The molecule has 0 aromatic heterocycles. The van der Waals surface area contributed by atoms with E-state index in [1.807, 2.05) is 18.2 Å². The van der Waals surface area contributed by atoms with Crippen molar-refractivity contribution < 1.29 is 12.2 Å². The molecule has 0 saturated carbocycles. The van der Waals surface area contributed by atoms with Crippen molar-refractivity contribution in [2.45, 2.75) is 6.42 Å². The Morgan fingerprint density at radius 1 is 1.46 bits per heavy atom. The summed E-state index contributed by atoms with van der Waals surface area (Å²) in [4.78, 5) is 0. The molecule has 0 unspecified atom stereocenters. The monoisotopic (exact) mass is 181 g/mol. The molecule has 0 fully saturated rings. The lowest BCUT2D eigenvalue weighted by atomic mass is 10.1. The highest BCUT2D eigenvalue weighted by Crippen LogP contribution is 2.32. The molecule has 0 saturated heterocycles. The van der Waals surface area contributed by atoms with Crippen molar-refractivity contribution in [1.29, 1.82) is 0 Å². The van der Waals surface area contributed by atoms with E-state index >= 15 is 0 Å². The Bertz CT molecular complexity index is 368. The Hall–Kier alpha value is -1.22. The van der Waals surface area contributed by atoms with Gasteiger partial charge in [0.05, 0.1) is 0 Å².